The van der Waals surface area contributed by atoms with Gasteiger partial charge >= 0.3 is 0 Å². The van der Waals surface area contributed by atoms with Crippen molar-refractivity contribution in [1.29, 1.82) is 0 Å². The van der Waals surface area contributed by atoms with Crippen LogP contribution in [-0.4, -0.2) is 29.2 Å². The van der Waals surface area contributed by atoms with Gasteiger partial charge in [-0.05, 0) is 24.8 Å². The molecule has 1 atom stereocenters. The number of hydrogen-bond acceptors (Lipinski definition) is 3. The third-order valence-corrected chi connectivity index (χ3v) is 3.59. The fourth-order valence-electron chi connectivity index (χ4n) is 1.96. The van der Waals surface area contributed by atoms with E-state index in [-0.39, 0.29) is 18.6 Å². The van der Waals surface area contributed by atoms with Crippen molar-refractivity contribution in [3.63, 3.8) is 0 Å². The molecule has 0 aliphatic carbocycles. The van der Waals surface area contributed by atoms with E-state index in [0.29, 0.717) is 19.3 Å². The third kappa shape index (κ3) is 4.33. The zero-order valence-electron chi connectivity index (χ0n) is 11.7. The normalized spacial score (nSPS) is 13.1. The van der Waals surface area contributed by atoms with Crippen LogP contribution >= 0.6 is 0 Å². The Morgan fingerprint density at radius 1 is 1.32 bits per heavy atom. The van der Waals surface area contributed by atoms with Crippen LogP contribution in [-0.2, 0) is 11.2 Å². The number of aliphatic hydroxyl groups excluding tert-OH is 1. The molecule has 0 fully saturated rings. The van der Waals surface area contributed by atoms with Gasteiger partial charge in [-0.15, -0.1) is 0 Å². The van der Waals surface area contributed by atoms with Crippen molar-refractivity contribution < 1.29 is 9.90 Å². The number of amides is 1. The molecular weight excluding hydrogens is 240 g/mol. The Labute approximate surface area is 115 Å². The first-order chi connectivity index (χ1) is 9.05. The van der Waals surface area contributed by atoms with Crippen molar-refractivity contribution in [3.05, 3.63) is 35.9 Å². The van der Waals surface area contributed by atoms with Crippen LogP contribution in [0.4, 0.5) is 0 Å². The summed E-state index contributed by atoms with van der Waals surface area (Å²) in [7, 11) is 0. The fraction of sp³-hybridized carbons (Fsp3) is 0.533. The lowest BCUT2D eigenvalue weighted by atomic mass is 9.92. The van der Waals surface area contributed by atoms with Crippen LogP contribution in [0, 0.1) is 0 Å². The number of carbonyl (C=O) groups excluding carboxylic acids is 1. The van der Waals surface area contributed by atoms with Crippen LogP contribution in [0.5, 0.6) is 0 Å². The first-order valence-corrected chi connectivity index (χ1v) is 6.80. The highest BCUT2D eigenvalue weighted by Crippen LogP contribution is 2.12. The van der Waals surface area contributed by atoms with E-state index in [4.69, 9.17) is 5.73 Å². The van der Waals surface area contributed by atoms with Crippen molar-refractivity contribution >= 4 is 5.91 Å². The Morgan fingerprint density at radius 3 is 2.37 bits per heavy atom. The Kier molecular flexibility index (Phi) is 5.99. The molecule has 0 aliphatic heterocycles. The minimum absolute atomic E-state index is 0.0931. The molecule has 1 aromatic rings. The Hall–Kier alpha value is -1.39. The average molecular weight is 264 g/mol. The molecular formula is C15H24N2O2. The quantitative estimate of drug-likeness (QED) is 0.693. The molecule has 1 unspecified atom stereocenters. The maximum absolute atomic E-state index is 12.1. The molecule has 0 heterocycles. The number of rotatable bonds is 7. The SMILES string of the molecule is CCC(N)(CC)C(=O)NC(CO)Cc1ccccc1. The van der Waals surface area contributed by atoms with Crippen LogP contribution in [0.15, 0.2) is 30.3 Å². The topological polar surface area (TPSA) is 75.4 Å². The Morgan fingerprint density at radius 2 is 1.89 bits per heavy atom. The van der Waals surface area contributed by atoms with Crippen molar-refractivity contribution in [3.8, 4) is 0 Å². The lowest BCUT2D eigenvalue weighted by Gasteiger charge is -2.28. The van der Waals surface area contributed by atoms with Gasteiger partial charge in [0.05, 0.1) is 18.2 Å². The Bertz CT molecular complexity index is 388. The molecule has 1 aromatic carbocycles. The van der Waals surface area contributed by atoms with E-state index < -0.39 is 5.54 Å². The van der Waals surface area contributed by atoms with E-state index in [9.17, 15) is 9.90 Å². The molecule has 106 valence electrons. The van der Waals surface area contributed by atoms with Crippen LogP contribution in [0.1, 0.15) is 32.3 Å². The standard InChI is InChI=1S/C15H24N2O2/c1-3-15(16,4-2)14(19)17-13(11-18)10-12-8-6-5-7-9-12/h5-9,13,18H,3-4,10-11,16H2,1-2H3,(H,17,19). The van der Waals surface area contributed by atoms with Gasteiger partial charge in [0.15, 0.2) is 0 Å². The molecule has 0 aromatic heterocycles. The number of nitrogens with one attached hydrogen (secondary N) is 1. The molecule has 19 heavy (non-hydrogen) atoms. The molecule has 0 aliphatic rings. The van der Waals surface area contributed by atoms with Crippen molar-refractivity contribution in [2.75, 3.05) is 6.61 Å². The smallest absolute Gasteiger partial charge is 0.240 e. The third-order valence-electron chi connectivity index (χ3n) is 3.59. The van der Waals surface area contributed by atoms with E-state index in [2.05, 4.69) is 5.32 Å². The predicted molar refractivity (Wildman–Crippen MR) is 76.7 cm³/mol. The van der Waals surface area contributed by atoms with Crippen molar-refractivity contribution in [2.24, 2.45) is 5.73 Å². The lowest BCUT2D eigenvalue weighted by Crippen LogP contribution is -2.56. The summed E-state index contributed by atoms with van der Waals surface area (Å²) in [6, 6.07) is 9.48. The van der Waals surface area contributed by atoms with Gasteiger partial charge in [-0.1, -0.05) is 44.2 Å². The summed E-state index contributed by atoms with van der Waals surface area (Å²) in [5, 5.41) is 12.2. The van der Waals surface area contributed by atoms with Gasteiger partial charge < -0.3 is 16.2 Å². The zero-order valence-corrected chi connectivity index (χ0v) is 11.7. The number of aliphatic hydroxyl groups is 1. The number of carbonyl (C=O) groups is 1. The molecule has 1 amide bonds. The summed E-state index contributed by atoms with van der Waals surface area (Å²) in [6.07, 6.45) is 1.77. The van der Waals surface area contributed by atoms with E-state index in [1.54, 1.807) is 0 Å². The van der Waals surface area contributed by atoms with E-state index in [1.165, 1.54) is 0 Å². The second-order valence-corrected chi connectivity index (χ2v) is 4.91. The largest absolute Gasteiger partial charge is 0.394 e. The zero-order chi connectivity index (χ0) is 14.3. The van der Waals surface area contributed by atoms with Gasteiger partial charge in [0, 0.05) is 0 Å². The Balaban J connectivity index is 2.65. The van der Waals surface area contributed by atoms with E-state index in [0.717, 1.165) is 5.56 Å². The monoisotopic (exact) mass is 264 g/mol. The molecule has 4 heteroatoms. The highest BCUT2D eigenvalue weighted by molar-refractivity contribution is 5.86. The van der Waals surface area contributed by atoms with Gasteiger partial charge in [-0.2, -0.15) is 0 Å². The van der Waals surface area contributed by atoms with E-state index >= 15 is 0 Å². The summed E-state index contributed by atoms with van der Waals surface area (Å²) >= 11 is 0. The second-order valence-electron chi connectivity index (χ2n) is 4.91. The van der Waals surface area contributed by atoms with Gasteiger partial charge in [0.1, 0.15) is 0 Å². The van der Waals surface area contributed by atoms with Crippen LogP contribution in [0.2, 0.25) is 0 Å². The molecule has 4 N–H and O–H groups in total. The molecule has 0 radical (unpaired) electrons. The minimum atomic E-state index is -0.843. The summed E-state index contributed by atoms with van der Waals surface area (Å²) in [6.45, 7) is 3.70. The first kappa shape index (κ1) is 15.7. The second kappa shape index (κ2) is 7.26. The fourth-order valence-corrected chi connectivity index (χ4v) is 1.96. The summed E-state index contributed by atoms with van der Waals surface area (Å²) in [5.41, 5.74) is 6.28. The maximum atomic E-state index is 12.1. The molecule has 0 saturated heterocycles. The predicted octanol–water partition coefficient (Wildman–Crippen LogP) is 1.22. The van der Waals surface area contributed by atoms with Gasteiger partial charge in [-0.25, -0.2) is 0 Å². The van der Waals surface area contributed by atoms with Gasteiger partial charge in [-0.3, -0.25) is 4.79 Å². The molecule has 0 spiro atoms. The molecule has 0 bridgehead atoms. The average Bonchev–Trinajstić information content (AvgIpc) is 2.46. The number of hydrogen-bond donors (Lipinski definition) is 3. The summed E-state index contributed by atoms with van der Waals surface area (Å²) in [5.74, 6) is -0.188. The van der Waals surface area contributed by atoms with Crippen LogP contribution in [0.25, 0.3) is 0 Å². The lowest BCUT2D eigenvalue weighted by molar-refractivity contribution is -0.127. The molecule has 4 nitrogen and oxygen atoms in total. The number of benzene rings is 1. The van der Waals surface area contributed by atoms with Gasteiger partial charge in [0.25, 0.3) is 0 Å². The summed E-state index contributed by atoms with van der Waals surface area (Å²) in [4.78, 5) is 12.1. The van der Waals surface area contributed by atoms with Crippen LogP contribution < -0.4 is 11.1 Å². The summed E-state index contributed by atoms with van der Waals surface area (Å²) < 4.78 is 0. The first-order valence-electron chi connectivity index (χ1n) is 6.80. The van der Waals surface area contributed by atoms with Gasteiger partial charge in [0.2, 0.25) is 5.91 Å². The highest BCUT2D eigenvalue weighted by atomic mass is 16.3. The maximum Gasteiger partial charge on any atom is 0.240 e. The van der Waals surface area contributed by atoms with E-state index in [1.807, 2.05) is 44.2 Å². The number of nitrogens with two attached hydrogens (primary N) is 1. The van der Waals surface area contributed by atoms with Crippen LogP contribution in [0.3, 0.4) is 0 Å². The highest BCUT2D eigenvalue weighted by Gasteiger charge is 2.31. The minimum Gasteiger partial charge on any atom is -0.394 e. The van der Waals surface area contributed by atoms with Crippen molar-refractivity contribution in [2.45, 2.75) is 44.7 Å². The molecule has 0 saturated carbocycles. The van der Waals surface area contributed by atoms with Crippen molar-refractivity contribution in [1.82, 2.24) is 5.32 Å². The molecule has 1 rings (SSSR count).